The number of carbonyl (C=O) groups is 3. The Balaban J connectivity index is 0.000000361. The number of hydrogen-bond acceptors (Lipinski definition) is 20. The van der Waals surface area contributed by atoms with Crippen molar-refractivity contribution in [3.8, 4) is 11.8 Å². The lowest BCUT2D eigenvalue weighted by molar-refractivity contribution is -0.193. The van der Waals surface area contributed by atoms with Crippen molar-refractivity contribution >= 4 is 103 Å². The number of aliphatic carboxylic acids is 1. The topological polar surface area (TPSA) is 342 Å². The zero-order chi connectivity index (χ0) is 50.7. The van der Waals surface area contributed by atoms with Gasteiger partial charge in [0.2, 0.25) is 22.5 Å². The van der Waals surface area contributed by atoms with Crippen molar-refractivity contribution < 1.29 is 69.3 Å². The van der Waals surface area contributed by atoms with Crippen LogP contribution >= 0.6 is 42.3 Å². The van der Waals surface area contributed by atoms with Gasteiger partial charge in [0, 0.05) is 24.2 Å². The summed E-state index contributed by atoms with van der Waals surface area (Å²) in [5, 5.41) is 11.5. The molecule has 5 N–H and O–H groups in total. The second-order valence-corrected chi connectivity index (χ2v) is 23.4. The van der Waals surface area contributed by atoms with E-state index in [0.717, 1.165) is 54.3 Å². The van der Waals surface area contributed by atoms with Gasteiger partial charge in [-0.1, -0.05) is 18.5 Å². The first-order chi connectivity index (χ1) is 31.3. The van der Waals surface area contributed by atoms with Gasteiger partial charge in [-0.15, -0.1) is 11.8 Å². The zero-order valence-corrected chi connectivity index (χ0v) is 42.5. The number of halogens is 2. The quantitative estimate of drug-likeness (QED) is 0.0489. The standard InChI is InChI=1S/C15H15ClFN3O3S2.C14H17N5O7S2.C3H8NO5P.C3H9S/c1-23-13(21)8-24-12-7-11(10(17)6-9(12)16)18-14-19-4-2-3-5-20(19)15(22)25-14;1-4-27(21,22)9-6-5-7-15-12(9)28(23,24)19-14(20)18-13-16-10(25-2)8-11(17-13)26-3;5-3(6)1-4-2-10(7,8)9;1-4(2)3/h6-7H,2-5,8H2,1H3;5-8H,4H2,1-3H3,(H2,16,17,18,19,20);4H,1-2H2,(H,5,6)(H2,7,8,9);1-3H3/q;;;+1/p-1. The van der Waals surface area contributed by atoms with Gasteiger partial charge in [-0.3, -0.25) is 29.7 Å². The van der Waals surface area contributed by atoms with Crippen molar-refractivity contribution in [3.05, 3.63) is 61.8 Å². The van der Waals surface area contributed by atoms with Crippen LogP contribution in [0.1, 0.15) is 19.8 Å². The van der Waals surface area contributed by atoms with E-state index >= 15 is 0 Å². The minimum atomic E-state index is -4.61. The van der Waals surface area contributed by atoms with E-state index in [2.05, 4.69) is 48.8 Å². The van der Waals surface area contributed by atoms with Gasteiger partial charge >= 0.3 is 22.8 Å². The van der Waals surface area contributed by atoms with Crippen LogP contribution in [0, 0.1) is 5.82 Å². The number of fused-ring (bicyclic) bond motifs is 1. The first-order valence-corrected chi connectivity index (χ1v) is 28.3. The third kappa shape index (κ3) is 20.2. The number of pyridine rings is 1. The maximum absolute atomic E-state index is 14.3. The molecule has 1 atom stereocenters. The number of aromatic nitrogens is 5. The highest BCUT2D eigenvalue weighted by Crippen LogP contribution is 2.33. The van der Waals surface area contributed by atoms with Crippen LogP contribution in [-0.2, 0) is 62.7 Å². The van der Waals surface area contributed by atoms with Crippen molar-refractivity contribution in [2.45, 2.75) is 47.7 Å². The summed E-state index contributed by atoms with van der Waals surface area (Å²) in [6.07, 6.45) is 8.86. The summed E-state index contributed by atoms with van der Waals surface area (Å²) in [6.45, 7) is 2.20. The van der Waals surface area contributed by atoms with Gasteiger partial charge in [-0.05, 0) is 59.3 Å². The molecule has 372 valence electrons. The number of amides is 2. The van der Waals surface area contributed by atoms with Gasteiger partial charge in [-0.2, -0.15) is 18.4 Å². The molecule has 2 amide bonds. The summed E-state index contributed by atoms with van der Waals surface area (Å²) < 4.78 is 92.9. The molecule has 3 aromatic heterocycles. The number of carbonyl (C=O) groups excluding carboxylic acids is 2. The molecule has 24 nitrogen and oxygen atoms in total. The lowest BCUT2D eigenvalue weighted by Gasteiger charge is -2.15. The number of carboxylic acids is 1. The molecule has 1 aliphatic heterocycles. The summed E-state index contributed by atoms with van der Waals surface area (Å²) in [5.74, 6) is -2.62. The molecule has 1 aromatic carbocycles. The predicted molar refractivity (Wildman–Crippen MR) is 247 cm³/mol. The molecule has 1 aliphatic rings. The number of esters is 1. The zero-order valence-electron chi connectivity index (χ0n) is 36.8. The Labute approximate surface area is 400 Å². The van der Waals surface area contributed by atoms with Gasteiger partial charge in [0.25, 0.3) is 10.0 Å². The number of nitrogens with zero attached hydrogens (tertiary/aromatic N) is 6. The van der Waals surface area contributed by atoms with Crippen LogP contribution < -0.4 is 39.4 Å². The molecule has 0 saturated heterocycles. The van der Waals surface area contributed by atoms with Crippen LogP contribution in [0.15, 0.2) is 61.1 Å². The Morgan fingerprint density at radius 1 is 1.06 bits per heavy atom. The number of anilines is 1. The first-order valence-electron chi connectivity index (χ1n) is 18.7. The van der Waals surface area contributed by atoms with Crippen molar-refractivity contribution in [1.82, 2.24) is 34.4 Å². The number of rotatable bonds is 15. The molecule has 0 aliphatic carbocycles. The van der Waals surface area contributed by atoms with E-state index in [1.165, 1.54) is 46.5 Å². The van der Waals surface area contributed by atoms with Gasteiger partial charge in [-0.25, -0.2) is 37.0 Å². The SMILES string of the molecule is CCS(=O)(=O)c1cccnc1S(=O)(=O)NC(=O)Nc1nc(OC)cc(OC)n1.COC(=O)CSc1cc(N=c2sc(=O)n3n2CCCC3)c(F)cc1Cl.C[S+](C)C.O=C(O)CNCP(=O)([O-])O. The van der Waals surface area contributed by atoms with E-state index in [-0.39, 0.29) is 44.8 Å². The Morgan fingerprint density at radius 2 is 1.66 bits per heavy atom. The fraction of sp³-hybridized carbons (Fsp3) is 0.429. The Kier molecular flexibility index (Phi) is 23.9. The number of sulfonamides is 1. The Hall–Kier alpha value is -4.65. The third-order valence-corrected chi connectivity index (χ3v) is 13.6. The summed E-state index contributed by atoms with van der Waals surface area (Å²) in [4.78, 5) is 79.1. The van der Waals surface area contributed by atoms with Gasteiger partial charge in [0.1, 0.15) is 24.0 Å². The van der Waals surface area contributed by atoms with E-state index in [9.17, 15) is 49.9 Å². The number of ether oxygens (including phenoxy) is 3. The molecule has 0 bridgehead atoms. The fourth-order valence-electron chi connectivity index (χ4n) is 4.67. The Morgan fingerprint density at radius 3 is 2.19 bits per heavy atom. The van der Waals surface area contributed by atoms with Crippen LogP contribution in [0.4, 0.5) is 20.8 Å². The number of urea groups is 1. The van der Waals surface area contributed by atoms with E-state index in [1.807, 2.05) is 5.32 Å². The highest BCUT2D eigenvalue weighted by molar-refractivity contribution is 8.00. The van der Waals surface area contributed by atoms with E-state index in [4.69, 9.17) is 31.1 Å². The molecular weight excluding hydrogens is 1030 g/mol. The number of benzene rings is 1. The average Bonchev–Trinajstić information content (AvgIpc) is 3.57. The minimum Gasteiger partial charge on any atom is -0.778 e. The van der Waals surface area contributed by atoms with Gasteiger partial charge in [0.15, 0.2) is 14.9 Å². The average molecular weight is 1080 g/mol. The second kappa shape index (κ2) is 27.4. The van der Waals surface area contributed by atoms with E-state index < -0.39 is 74.0 Å². The monoisotopic (exact) mass is 1080 g/mol. The van der Waals surface area contributed by atoms with Crippen LogP contribution in [0.2, 0.25) is 5.02 Å². The molecule has 4 aromatic rings. The van der Waals surface area contributed by atoms with Crippen molar-refractivity contribution in [2.24, 2.45) is 4.99 Å². The summed E-state index contributed by atoms with van der Waals surface area (Å²) in [6, 6.07) is 5.12. The molecule has 0 radical (unpaired) electrons. The Bertz CT molecular complexity index is 2730. The fourth-order valence-corrected chi connectivity index (χ4v) is 9.60. The van der Waals surface area contributed by atoms with Crippen molar-refractivity contribution in [1.29, 1.82) is 0 Å². The lowest BCUT2D eigenvalue weighted by atomic mass is 10.3. The highest BCUT2D eigenvalue weighted by Gasteiger charge is 2.29. The van der Waals surface area contributed by atoms with Crippen LogP contribution in [0.3, 0.4) is 0 Å². The van der Waals surface area contributed by atoms with Crippen LogP contribution in [-0.4, -0.2) is 134 Å². The highest BCUT2D eigenvalue weighted by atomic mass is 35.5. The van der Waals surface area contributed by atoms with E-state index in [0.29, 0.717) is 33.7 Å². The number of nitrogens with one attached hydrogen (secondary N) is 3. The predicted octanol–water partition coefficient (Wildman–Crippen LogP) is 1.65. The first kappa shape index (κ1) is 58.5. The van der Waals surface area contributed by atoms with E-state index in [1.54, 1.807) is 14.1 Å². The maximum Gasteiger partial charge on any atom is 0.335 e. The molecule has 0 saturated carbocycles. The number of carboxylic acid groups (broad SMARTS) is 1. The van der Waals surface area contributed by atoms with Gasteiger partial charge in [0.05, 0.1) is 75.5 Å². The summed E-state index contributed by atoms with van der Waals surface area (Å²) in [7, 11) is -8.26. The molecule has 1 unspecified atom stereocenters. The molecular formula is C35H48ClFN9O15PS5. The molecule has 67 heavy (non-hydrogen) atoms. The largest absolute Gasteiger partial charge is 0.778 e. The molecule has 4 heterocycles. The summed E-state index contributed by atoms with van der Waals surface area (Å²) >= 11 is 8.17. The van der Waals surface area contributed by atoms with Gasteiger partial charge < -0.3 is 33.7 Å². The maximum atomic E-state index is 14.3. The molecule has 0 fully saturated rings. The number of methoxy groups -OCH3 is 3. The molecule has 0 spiro atoms. The molecule has 5 rings (SSSR count). The number of thioether (sulfide) groups is 1. The van der Waals surface area contributed by atoms with Crippen LogP contribution in [0.25, 0.3) is 0 Å². The van der Waals surface area contributed by atoms with Crippen molar-refractivity contribution in [3.63, 3.8) is 0 Å². The second-order valence-electron chi connectivity index (χ2n) is 13.2. The normalized spacial score (nSPS) is 13.2. The third-order valence-electron chi connectivity index (χ3n) is 7.53. The number of hydrogen-bond donors (Lipinski definition) is 5. The smallest absolute Gasteiger partial charge is 0.335 e. The molecule has 32 heteroatoms. The number of sulfone groups is 1. The van der Waals surface area contributed by atoms with Crippen LogP contribution in [0.5, 0.6) is 11.8 Å². The van der Waals surface area contributed by atoms with Crippen molar-refractivity contribution in [2.75, 3.05) is 69.7 Å². The lowest BCUT2D eigenvalue weighted by Crippen LogP contribution is -2.36. The minimum absolute atomic E-state index is 0.0605. The summed E-state index contributed by atoms with van der Waals surface area (Å²) in [5.41, 5.74) is 0.0829.